The Morgan fingerprint density at radius 1 is 1.11 bits per heavy atom. The van der Waals surface area contributed by atoms with Gasteiger partial charge in [-0.05, 0) is 26.7 Å². The molecule has 1 saturated heterocycles. The Labute approximate surface area is 116 Å². The zero-order valence-corrected chi connectivity index (χ0v) is 12.4. The number of carboxylic acids is 1. The van der Waals surface area contributed by atoms with Gasteiger partial charge in [0.1, 0.15) is 0 Å². The molecule has 0 bridgehead atoms. The Bertz CT molecular complexity index is 303. The highest BCUT2D eigenvalue weighted by atomic mass is 16.4. The first-order chi connectivity index (χ1) is 9.03. The highest BCUT2D eigenvalue weighted by molar-refractivity contribution is 5.75. The summed E-state index contributed by atoms with van der Waals surface area (Å²) in [5, 5.41) is 9.62. The van der Waals surface area contributed by atoms with Crippen molar-refractivity contribution in [3.05, 3.63) is 0 Å². The highest BCUT2D eigenvalue weighted by Crippen LogP contribution is 2.37. The quantitative estimate of drug-likeness (QED) is 0.847. The maximum atomic E-state index is 11.7. The minimum Gasteiger partial charge on any atom is -0.481 e. The molecule has 2 aliphatic rings. The van der Waals surface area contributed by atoms with E-state index in [9.17, 15) is 9.90 Å². The van der Waals surface area contributed by atoms with E-state index in [0.717, 1.165) is 58.4 Å². The van der Waals surface area contributed by atoms with Gasteiger partial charge in [0, 0.05) is 38.8 Å². The lowest BCUT2D eigenvalue weighted by atomic mass is 9.73. The lowest BCUT2D eigenvalue weighted by molar-refractivity contribution is -0.153. The van der Waals surface area contributed by atoms with Gasteiger partial charge in [0.2, 0.25) is 0 Å². The van der Waals surface area contributed by atoms with Crippen LogP contribution in [0.4, 0.5) is 0 Å². The molecule has 2 rings (SSSR count). The van der Waals surface area contributed by atoms with Gasteiger partial charge in [0.15, 0.2) is 0 Å². The fourth-order valence-corrected chi connectivity index (χ4v) is 3.53. The second-order valence-electron chi connectivity index (χ2n) is 6.55. The van der Waals surface area contributed by atoms with Gasteiger partial charge >= 0.3 is 5.97 Å². The van der Waals surface area contributed by atoms with Gasteiger partial charge in [0.05, 0.1) is 5.41 Å². The molecule has 1 N–H and O–H groups in total. The van der Waals surface area contributed by atoms with Crippen LogP contribution in [0.3, 0.4) is 0 Å². The predicted octanol–water partition coefficient (Wildman–Crippen LogP) is 2.05. The summed E-state index contributed by atoms with van der Waals surface area (Å²) in [6, 6.07) is 0.602. The second-order valence-corrected chi connectivity index (χ2v) is 6.55. The minimum absolute atomic E-state index is 0.460. The summed E-state index contributed by atoms with van der Waals surface area (Å²) in [7, 11) is 0. The van der Waals surface area contributed by atoms with Gasteiger partial charge < -0.3 is 5.11 Å². The fraction of sp³-hybridized carbons (Fsp3) is 0.933. The summed E-state index contributed by atoms with van der Waals surface area (Å²) in [6.07, 6.45) is 5.10. The summed E-state index contributed by atoms with van der Waals surface area (Å²) in [5.74, 6) is -0.571. The molecule has 0 atom stereocenters. The summed E-state index contributed by atoms with van der Waals surface area (Å²) < 4.78 is 0. The van der Waals surface area contributed by atoms with Crippen molar-refractivity contribution in [1.82, 2.24) is 9.80 Å². The molecule has 0 amide bonds. The van der Waals surface area contributed by atoms with Crippen molar-refractivity contribution in [2.75, 3.05) is 32.7 Å². The van der Waals surface area contributed by atoms with Crippen LogP contribution >= 0.6 is 0 Å². The smallest absolute Gasteiger partial charge is 0.310 e. The summed E-state index contributed by atoms with van der Waals surface area (Å²) in [4.78, 5) is 16.5. The third-order valence-electron chi connectivity index (χ3n) is 4.93. The minimum atomic E-state index is -0.571. The molecule has 1 saturated carbocycles. The van der Waals surface area contributed by atoms with Crippen LogP contribution in [0.25, 0.3) is 0 Å². The van der Waals surface area contributed by atoms with E-state index in [1.54, 1.807) is 0 Å². The van der Waals surface area contributed by atoms with Gasteiger partial charge in [-0.2, -0.15) is 0 Å². The molecule has 19 heavy (non-hydrogen) atoms. The number of aliphatic carboxylic acids is 1. The molecule has 1 aliphatic carbocycles. The number of nitrogens with zero attached hydrogens (tertiary/aromatic N) is 2. The SMILES string of the molecule is CC(C)N1CCN(CC2(C(=O)O)CCCCC2)CC1. The van der Waals surface area contributed by atoms with E-state index in [1.165, 1.54) is 6.42 Å². The summed E-state index contributed by atoms with van der Waals surface area (Å²) >= 11 is 0. The van der Waals surface area contributed by atoms with Gasteiger partial charge in [-0.25, -0.2) is 0 Å². The molecule has 4 heteroatoms. The highest BCUT2D eigenvalue weighted by Gasteiger charge is 2.41. The molecule has 0 aromatic rings. The number of rotatable bonds is 4. The summed E-state index contributed by atoms with van der Waals surface area (Å²) in [6.45, 7) is 9.42. The standard InChI is InChI=1S/C15H28N2O2/c1-13(2)17-10-8-16(9-11-17)12-15(14(18)19)6-4-3-5-7-15/h13H,3-12H2,1-2H3,(H,18,19). The van der Waals surface area contributed by atoms with E-state index >= 15 is 0 Å². The van der Waals surface area contributed by atoms with Gasteiger partial charge in [-0.3, -0.25) is 14.6 Å². The first-order valence-electron chi connectivity index (χ1n) is 7.73. The van der Waals surface area contributed by atoms with Gasteiger partial charge in [-0.15, -0.1) is 0 Å². The Hall–Kier alpha value is -0.610. The van der Waals surface area contributed by atoms with Crippen LogP contribution in [0, 0.1) is 5.41 Å². The number of piperazine rings is 1. The molecule has 0 radical (unpaired) electrons. The Morgan fingerprint density at radius 3 is 2.16 bits per heavy atom. The largest absolute Gasteiger partial charge is 0.481 e. The maximum absolute atomic E-state index is 11.7. The molecular weight excluding hydrogens is 240 g/mol. The molecule has 2 fully saturated rings. The normalized spacial score (nSPS) is 25.6. The van der Waals surface area contributed by atoms with Crippen molar-refractivity contribution < 1.29 is 9.90 Å². The van der Waals surface area contributed by atoms with E-state index in [0.29, 0.717) is 6.04 Å². The lowest BCUT2D eigenvalue weighted by Crippen LogP contribution is -2.53. The van der Waals surface area contributed by atoms with Crippen molar-refractivity contribution in [3.63, 3.8) is 0 Å². The predicted molar refractivity (Wildman–Crippen MR) is 76.3 cm³/mol. The summed E-state index contributed by atoms with van der Waals surface area (Å²) in [5.41, 5.74) is -0.460. The van der Waals surface area contributed by atoms with Crippen molar-refractivity contribution in [2.24, 2.45) is 5.41 Å². The number of hydrogen-bond donors (Lipinski definition) is 1. The van der Waals surface area contributed by atoms with Crippen molar-refractivity contribution in [3.8, 4) is 0 Å². The van der Waals surface area contributed by atoms with Crippen LogP contribution in [0.1, 0.15) is 46.0 Å². The molecule has 4 nitrogen and oxygen atoms in total. The van der Waals surface area contributed by atoms with Crippen molar-refractivity contribution in [1.29, 1.82) is 0 Å². The topological polar surface area (TPSA) is 43.8 Å². The number of hydrogen-bond acceptors (Lipinski definition) is 3. The van der Waals surface area contributed by atoms with Crippen LogP contribution < -0.4 is 0 Å². The average Bonchev–Trinajstić information content (AvgIpc) is 2.40. The van der Waals surface area contributed by atoms with Crippen LogP contribution in [0.15, 0.2) is 0 Å². The van der Waals surface area contributed by atoms with Crippen molar-refractivity contribution in [2.45, 2.75) is 52.0 Å². The van der Waals surface area contributed by atoms with Crippen LogP contribution in [-0.4, -0.2) is 59.6 Å². The average molecular weight is 268 g/mol. The molecule has 1 heterocycles. The maximum Gasteiger partial charge on any atom is 0.310 e. The third-order valence-corrected chi connectivity index (χ3v) is 4.93. The van der Waals surface area contributed by atoms with Crippen LogP contribution in [0.5, 0.6) is 0 Å². The lowest BCUT2D eigenvalue weighted by Gasteiger charge is -2.42. The van der Waals surface area contributed by atoms with E-state index in [2.05, 4.69) is 23.6 Å². The monoisotopic (exact) mass is 268 g/mol. The van der Waals surface area contributed by atoms with Crippen LogP contribution in [0.2, 0.25) is 0 Å². The Balaban J connectivity index is 1.90. The zero-order chi connectivity index (χ0) is 13.9. The van der Waals surface area contributed by atoms with Gasteiger partial charge in [-0.1, -0.05) is 19.3 Å². The van der Waals surface area contributed by atoms with Crippen molar-refractivity contribution >= 4 is 5.97 Å². The molecule has 0 aromatic heterocycles. The fourth-order valence-electron chi connectivity index (χ4n) is 3.53. The first-order valence-corrected chi connectivity index (χ1v) is 7.73. The zero-order valence-electron chi connectivity index (χ0n) is 12.4. The molecule has 1 aliphatic heterocycles. The van der Waals surface area contributed by atoms with E-state index < -0.39 is 11.4 Å². The second kappa shape index (κ2) is 6.23. The van der Waals surface area contributed by atoms with Crippen LogP contribution in [-0.2, 0) is 4.79 Å². The number of carboxylic acid groups (broad SMARTS) is 1. The van der Waals surface area contributed by atoms with E-state index in [-0.39, 0.29) is 0 Å². The Kier molecular flexibility index (Phi) is 4.85. The molecule has 0 aromatic carbocycles. The molecule has 110 valence electrons. The Morgan fingerprint density at radius 2 is 1.68 bits per heavy atom. The molecule has 0 spiro atoms. The molecule has 0 unspecified atom stereocenters. The first kappa shape index (κ1) is 14.8. The third kappa shape index (κ3) is 3.48. The van der Waals surface area contributed by atoms with E-state index in [1.807, 2.05) is 0 Å². The molecular formula is C15H28N2O2. The van der Waals surface area contributed by atoms with Gasteiger partial charge in [0.25, 0.3) is 0 Å². The van der Waals surface area contributed by atoms with E-state index in [4.69, 9.17) is 0 Å². The number of carbonyl (C=O) groups is 1.